The number of amides is 2. The second kappa shape index (κ2) is 8.64. The number of carbonyl (C=O) groups excluding carboxylic acids is 2. The first-order valence-electron chi connectivity index (χ1n) is 7.19. The fraction of sp³-hybridized carbons (Fsp3) is 0.0556. The molecule has 2 amide bonds. The molecule has 0 saturated heterocycles. The third kappa shape index (κ3) is 5.70. The van der Waals surface area contributed by atoms with Crippen LogP contribution >= 0.6 is 11.6 Å². The van der Waals surface area contributed by atoms with Gasteiger partial charge in [-0.25, -0.2) is 5.43 Å². The average molecular weight is 342 g/mol. The van der Waals surface area contributed by atoms with Gasteiger partial charge in [-0.3, -0.25) is 9.59 Å². The second-order valence-corrected chi connectivity index (χ2v) is 5.34. The molecule has 0 heterocycles. The minimum Gasteiger partial charge on any atom is -0.318 e. The summed E-state index contributed by atoms with van der Waals surface area (Å²) < 4.78 is 0. The number of allylic oxidation sites excluding steroid dienone is 1. The van der Waals surface area contributed by atoms with Crippen LogP contribution in [0, 0.1) is 0 Å². The Morgan fingerprint density at radius 3 is 2.33 bits per heavy atom. The van der Waals surface area contributed by atoms with Crippen LogP contribution in [-0.2, 0) is 9.59 Å². The van der Waals surface area contributed by atoms with Crippen molar-refractivity contribution in [2.45, 2.75) is 6.92 Å². The Morgan fingerprint density at radius 2 is 1.67 bits per heavy atom. The zero-order valence-electron chi connectivity index (χ0n) is 13.0. The van der Waals surface area contributed by atoms with Crippen LogP contribution in [0.3, 0.4) is 0 Å². The SMILES string of the molecule is CC(/C=C/c1ccccc1)=N\NC(=O)C(=O)Nc1ccc(Cl)cc1. The molecule has 2 aromatic rings. The summed E-state index contributed by atoms with van der Waals surface area (Å²) >= 11 is 5.75. The molecule has 122 valence electrons. The van der Waals surface area contributed by atoms with Gasteiger partial charge in [-0.1, -0.05) is 48.0 Å². The number of hydrogen-bond donors (Lipinski definition) is 2. The molecule has 2 N–H and O–H groups in total. The van der Waals surface area contributed by atoms with Crippen LogP contribution in [0.1, 0.15) is 12.5 Å². The molecule has 0 saturated carbocycles. The van der Waals surface area contributed by atoms with E-state index >= 15 is 0 Å². The summed E-state index contributed by atoms with van der Waals surface area (Å²) in [6.45, 7) is 1.72. The topological polar surface area (TPSA) is 70.6 Å². The molecule has 0 fully saturated rings. The quantitative estimate of drug-likeness (QED) is 0.507. The Kier molecular flexibility index (Phi) is 6.28. The molecule has 0 aliphatic carbocycles. The summed E-state index contributed by atoms with van der Waals surface area (Å²) in [5.41, 5.74) is 4.26. The summed E-state index contributed by atoms with van der Waals surface area (Å²) in [5.74, 6) is -1.65. The van der Waals surface area contributed by atoms with Gasteiger partial charge >= 0.3 is 11.8 Å². The van der Waals surface area contributed by atoms with Gasteiger partial charge < -0.3 is 5.32 Å². The van der Waals surface area contributed by atoms with Crippen molar-refractivity contribution in [2.75, 3.05) is 5.32 Å². The zero-order valence-corrected chi connectivity index (χ0v) is 13.7. The highest BCUT2D eigenvalue weighted by atomic mass is 35.5. The van der Waals surface area contributed by atoms with Gasteiger partial charge in [0.25, 0.3) is 0 Å². The van der Waals surface area contributed by atoms with Crippen molar-refractivity contribution in [3.8, 4) is 0 Å². The number of hydrazone groups is 1. The molecule has 0 aliphatic heterocycles. The van der Waals surface area contributed by atoms with E-state index in [0.29, 0.717) is 16.4 Å². The lowest BCUT2D eigenvalue weighted by Gasteiger charge is -2.04. The van der Waals surface area contributed by atoms with Gasteiger partial charge in [0, 0.05) is 10.7 Å². The lowest BCUT2D eigenvalue weighted by molar-refractivity contribution is -0.136. The second-order valence-electron chi connectivity index (χ2n) is 4.90. The van der Waals surface area contributed by atoms with Gasteiger partial charge in [0.2, 0.25) is 0 Å². The number of anilines is 1. The first-order valence-corrected chi connectivity index (χ1v) is 7.57. The van der Waals surface area contributed by atoms with Crippen LogP contribution in [0.4, 0.5) is 5.69 Å². The molecule has 0 spiro atoms. The maximum absolute atomic E-state index is 11.7. The molecule has 0 aliphatic rings. The number of nitrogens with zero attached hydrogens (tertiary/aromatic N) is 1. The van der Waals surface area contributed by atoms with E-state index in [2.05, 4.69) is 15.8 Å². The molecule has 2 rings (SSSR count). The third-order valence-electron chi connectivity index (χ3n) is 2.96. The Labute approximate surface area is 145 Å². The minimum atomic E-state index is -0.850. The van der Waals surface area contributed by atoms with E-state index in [-0.39, 0.29) is 0 Å². The highest BCUT2D eigenvalue weighted by molar-refractivity contribution is 6.39. The van der Waals surface area contributed by atoms with E-state index in [0.717, 1.165) is 5.56 Å². The third-order valence-corrected chi connectivity index (χ3v) is 3.21. The first kappa shape index (κ1) is 17.4. The molecule has 0 radical (unpaired) electrons. The first-order chi connectivity index (χ1) is 11.5. The lowest BCUT2D eigenvalue weighted by atomic mass is 10.2. The Hall–Kier alpha value is -2.92. The van der Waals surface area contributed by atoms with E-state index in [1.807, 2.05) is 36.4 Å². The molecule has 6 heteroatoms. The van der Waals surface area contributed by atoms with Gasteiger partial charge in [0.05, 0.1) is 5.71 Å². The van der Waals surface area contributed by atoms with E-state index in [1.165, 1.54) is 0 Å². The Bertz CT molecular complexity index is 769. The molecule has 2 aromatic carbocycles. The molecule has 24 heavy (non-hydrogen) atoms. The van der Waals surface area contributed by atoms with Crippen LogP contribution in [0.25, 0.3) is 6.08 Å². The number of benzene rings is 2. The average Bonchev–Trinajstić information content (AvgIpc) is 2.60. The lowest BCUT2D eigenvalue weighted by Crippen LogP contribution is -2.32. The predicted molar refractivity (Wildman–Crippen MR) is 96.8 cm³/mol. The Balaban J connectivity index is 1.87. The molecule has 5 nitrogen and oxygen atoms in total. The van der Waals surface area contributed by atoms with Crippen molar-refractivity contribution in [3.05, 3.63) is 71.3 Å². The molecule has 0 atom stereocenters. The minimum absolute atomic E-state index is 0.476. The van der Waals surface area contributed by atoms with Crippen LogP contribution < -0.4 is 10.7 Å². The van der Waals surface area contributed by atoms with Gasteiger partial charge in [-0.05, 0) is 42.8 Å². The monoisotopic (exact) mass is 341 g/mol. The summed E-state index contributed by atoms with van der Waals surface area (Å²) in [4.78, 5) is 23.5. The van der Waals surface area contributed by atoms with Crippen molar-refractivity contribution in [3.63, 3.8) is 0 Å². The summed E-state index contributed by atoms with van der Waals surface area (Å²) in [6, 6.07) is 16.1. The number of carbonyl (C=O) groups is 2. The summed E-state index contributed by atoms with van der Waals surface area (Å²) in [5, 5.41) is 6.86. The summed E-state index contributed by atoms with van der Waals surface area (Å²) in [7, 11) is 0. The Morgan fingerprint density at radius 1 is 1.00 bits per heavy atom. The van der Waals surface area contributed by atoms with Crippen LogP contribution in [0.15, 0.2) is 65.8 Å². The molecule has 0 aromatic heterocycles. The van der Waals surface area contributed by atoms with E-state index in [1.54, 1.807) is 37.3 Å². The maximum Gasteiger partial charge on any atom is 0.329 e. The van der Waals surface area contributed by atoms with Crippen molar-refractivity contribution < 1.29 is 9.59 Å². The van der Waals surface area contributed by atoms with E-state index in [9.17, 15) is 9.59 Å². The van der Waals surface area contributed by atoms with Crippen LogP contribution in [0.5, 0.6) is 0 Å². The highest BCUT2D eigenvalue weighted by Gasteiger charge is 2.12. The fourth-order valence-corrected chi connectivity index (χ4v) is 1.86. The fourth-order valence-electron chi connectivity index (χ4n) is 1.73. The van der Waals surface area contributed by atoms with Gasteiger partial charge in [0.15, 0.2) is 0 Å². The summed E-state index contributed by atoms with van der Waals surface area (Å²) in [6.07, 6.45) is 3.60. The predicted octanol–water partition coefficient (Wildman–Crippen LogP) is 3.48. The van der Waals surface area contributed by atoms with Gasteiger partial charge in [-0.2, -0.15) is 5.10 Å². The number of nitrogens with one attached hydrogen (secondary N) is 2. The number of rotatable bonds is 4. The van der Waals surface area contributed by atoms with Crippen molar-refractivity contribution >= 4 is 40.9 Å². The number of halogens is 1. The zero-order chi connectivity index (χ0) is 17.4. The molecule has 0 bridgehead atoms. The standard InChI is InChI=1S/C18H16ClN3O2/c1-13(7-8-14-5-3-2-4-6-14)21-22-18(24)17(23)20-16-11-9-15(19)10-12-16/h2-12H,1H3,(H,20,23)(H,22,24)/b8-7+,21-13+. The smallest absolute Gasteiger partial charge is 0.318 e. The van der Waals surface area contributed by atoms with Crippen molar-refractivity contribution in [2.24, 2.45) is 5.10 Å². The normalized spacial score (nSPS) is 11.3. The maximum atomic E-state index is 11.7. The van der Waals surface area contributed by atoms with Crippen molar-refractivity contribution in [1.29, 1.82) is 0 Å². The van der Waals surface area contributed by atoms with Crippen LogP contribution in [0.2, 0.25) is 5.02 Å². The van der Waals surface area contributed by atoms with Gasteiger partial charge in [-0.15, -0.1) is 0 Å². The molecular weight excluding hydrogens is 326 g/mol. The molecule has 0 unspecified atom stereocenters. The van der Waals surface area contributed by atoms with Gasteiger partial charge in [0.1, 0.15) is 0 Å². The molecular formula is C18H16ClN3O2. The van der Waals surface area contributed by atoms with E-state index in [4.69, 9.17) is 11.6 Å². The van der Waals surface area contributed by atoms with Crippen LogP contribution in [-0.4, -0.2) is 17.5 Å². The van der Waals surface area contributed by atoms with E-state index < -0.39 is 11.8 Å². The van der Waals surface area contributed by atoms with Crippen molar-refractivity contribution in [1.82, 2.24) is 5.43 Å². The largest absolute Gasteiger partial charge is 0.329 e. The highest BCUT2D eigenvalue weighted by Crippen LogP contribution is 2.13. The number of hydrogen-bond acceptors (Lipinski definition) is 3.